The second-order valence-electron chi connectivity index (χ2n) is 7.41. The van der Waals surface area contributed by atoms with Crippen molar-refractivity contribution in [1.29, 1.82) is 0 Å². The molecule has 14 heteroatoms. The number of carbonyl (C=O) groups is 2. The van der Waals surface area contributed by atoms with Crippen molar-refractivity contribution < 1.29 is 23.1 Å². The predicted octanol–water partition coefficient (Wildman–Crippen LogP) is 2.10. The summed E-state index contributed by atoms with van der Waals surface area (Å²) in [6, 6.07) is 9.15. The molecule has 0 saturated heterocycles. The summed E-state index contributed by atoms with van der Waals surface area (Å²) in [4.78, 5) is 29.1. The van der Waals surface area contributed by atoms with Crippen molar-refractivity contribution in [3.05, 3.63) is 58.1 Å². The van der Waals surface area contributed by atoms with E-state index < -0.39 is 33.5 Å². The van der Waals surface area contributed by atoms with E-state index in [2.05, 4.69) is 23.0 Å². The van der Waals surface area contributed by atoms with Crippen molar-refractivity contribution in [3.63, 3.8) is 0 Å². The number of sulfone groups is 1. The molecule has 10 nitrogen and oxygen atoms in total. The van der Waals surface area contributed by atoms with Crippen molar-refractivity contribution in [3.8, 4) is 0 Å². The first-order valence-corrected chi connectivity index (χ1v) is 13.1. The van der Waals surface area contributed by atoms with Gasteiger partial charge in [0.15, 0.2) is 15.8 Å². The minimum atomic E-state index is -4.12. The first kappa shape index (κ1) is 28.7. The summed E-state index contributed by atoms with van der Waals surface area (Å²) in [6.45, 7) is 0.0796. The Morgan fingerprint density at radius 3 is 2.34 bits per heavy atom. The van der Waals surface area contributed by atoms with Crippen molar-refractivity contribution in [1.82, 2.24) is 10.4 Å². The molecule has 0 saturated carbocycles. The van der Waals surface area contributed by atoms with Gasteiger partial charge < -0.3 is 16.6 Å². The van der Waals surface area contributed by atoms with Gasteiger partial charge in [-0.3, -0.25) is 14.8 Å². The number of aliphatic imine (C=N–C) groups is 1. The lowest BCUT2D eigenvalue weighted by Gasteiger charge is -2.29. The molecule has 0 aliphatic heterocycles. The van der Waals surface area contributed by atoms with Gasteiger partial charge in [-0.25, -0.2) is 18.6 Å². The van der Waals surface area contributed by atoms with Crippen molar-refractivity contribution in [2.45, 2.75) is 35.2 Å². The lowest BCUT2D eigenvalue weighted by atomic mass is 10.1. The molecule has 0 bridgehead atoms. The van der Waals surface area contributed by atoms with Gasteiger partial charge in [-0.15, -0.1) is 12.6 Å². The van der Waals surface area contributed by atoms with E-state index in [1.165, 1.54) is 24.3 Å². The SMILES string of the molecule is NC(N)=NCCC[C@@H](C(=O)O)N(NCc1cc(Cl)cc(Cl)c1)C(=O)CS(=O)(=O)c1ccccc1S. The maximum atomic E-state index is 13.2. The summed E-state index contributed by atoms with van der Waals surface area (Å²) >= 11 is 16.2. The van der Waals surface area contributed by atoms with E-state index in [-0.39, 0.29) is 41.7 Å². The van der Waals surface area contributed by atoms with Crippen molar-refractivity contribution in [2.75, 3.05) is 12.3 Å². The fourth-order valence-corrected chi connectivity index (χ4v) is 5.59. The average Bonchev–Trinajstić information content (AvgIpc) is 2.74. The highest BCUT2D eigenvalue weighted by atomic mass is 35.5. The Morgan fingerprint density at radius 2 is 1.77 bits per heavy atom. The van der Waals surface area contributed by atoms with Gasteiger partial charge >= 0.3 is 5.97 Å². The normalized spacial score (nSPS) is 12.1. The van der Waals surface area contributed by atoms with Gasteiger partial charge in [-0.2, -0.15) is 0 Å². The van der Waals surface area contributed by atoms with Crippen LogP contribution >= 0.6 is 35.8 Å². The Labute approximate surface area is 218 Å². The molecule has 2 aromatic carbocycles. The van der Waals surface area contributed by atoms with Crippen LogP contribution in [0.3, 0.4) is 0 Å². The third-order valence-corrected chi connectivity index (χ3v) is 7.32. The first-order chi connectivity index (χ1) is 16.4. The number of carboxylic acids is 1. The molecular formula is C21H25Cl2N5O5S2. The molecule has 0 fully saturated rings. The molecule has 0 radical (unpaired) electrons. The summed E-state index contributed by atoms with van der Waals surface area (Å²) < 4.78 is 25.8. The first-order valence-electron chi connectivity index (χ1n) is 10.2. The van der Waals surface area contributed by atoms with Gasteiger partial charge in [0.25, 0.3) is 5.91 Å². The molecule has 0 spiro atoms. The second kappa shape index (κ2) is 13.0. The molecule has 35 heavy (non-hydrogen) atoms. The topological polar surface area (TPSA) is 168 Å². The maximum absolute atomic E-state index is 13.2. The van der Waals surface area contributed by atoms with E-state index >= 15 is 0 Å². The summed E-state index contributed by atoms with van der Waals surface area (Å²) in [5.41, 5.74) is 13.9. The molecule has 190 valence electrons. The third kappa shape index (κ3) is 8.89. The van der Waals surface area contributed by atoms with Crippen LogP contribution in [0, 0.1) is 0 Å². The van der Waals surface area contributed by atoms with Crippen molar-refractivity contribution >= 4 is 63.5 Å². The molecule has 2 aromatic rings. The predicted molar refractivity (Wildman–Crippen MR) is 137 cm³/mol. The van der Waals surface area contributed by atoms with E-state index in [0.717, 1.165) is 5.01 Å². The molecule has 6 N–H and O–H groups in total. The summed E-state index contributed by atoms with van der Waals surface area (Å²) in [6.07, 6.45) is 0.167. The number of carboxylic acid groups (broad SMARTS) is 1. The number of hydrogen-bond acceptors (Lipinski definition) is 7. The molecule has 0 aromatic heterocycles. The smallest absolute Gasteiger partial charge is 0.328 e. The number of nitrogens with two attached hydrogens (primary N) is 2. The number of guanidine groups is 1. The zero-order valence-electron chi connectivity index (χ0n) is 18.4. The number of rotatable bonds is 12. The summed E-state index contributed by atoms with van der Waals surface area (Å²) in [5, 5.41) is 11.3. The molecule has 1 amide bonds. The Bertz CT molecular complexity index is 1190. The molecule has 0 unspecified atom stereocenters. The van der Waals surface area contributed by atoms with Crippen LogP contribution in [-0.4, -0.2) is 54.7 Å². The Balaban J connectivity index is 2.32. The Kier molecular flexibility index (Phi) is 10.7. The molecule has 1 atom stereocenters. The number of nitrogens with one attached hydrogen (secondary N) is 1. The van der Waals surface area contributed by atoms with E-state index in [4.69, 9.17) is 34.7 Å². The average molecular weight is 563 g/mol. The highest BCUT2D eigenvalue weighted by molar-refractivity contribution is 7.92. The number of thiol groups is 1. The molecule has 0 aliphatic rings. The van der Waals surface area contributed by atoms with Crippen LogP contribution in [-0.2, 0) is 26.0 Å². The van der Waals surface area contributed by atoms with E-state index in [0.29, 0.717) is 15.6 Å². The van der Waals surface area contributed by atoms with Gasteiger partial charge in [0, 0.05) is 28.0 Å². The maximum Gasteiger partial charge on any atom is 0.328 e. The third-order valence-electron chi connectivity index (χ3n) is 4.69. The van der Waals surface area contributed by atoms with E-state index in [1.54, 1.807) is 18.2 Å². The zero-order chi connectivity index (χ0) is 26.2. The fraction of sp³-hybridized carbons (Fsp3) is 0.286. The van der Waals surface area contributed by atoms with Crippen LogP contribution in [0.4, 0.5) is 0 Å². The zero-order valence-corrected chi connectivity index (χ0v) is 21.6. The number of nitrogens with zero attached hydrogens (tertiary/aromatic N) is 2. The highest BCUT2D eigenvalue weighted by Crippen LogP contribution is 2.22. The van der Waals surface area contributed by atoms with Gasteiger partial charge in [0.05, 0.1) is 4.90 Å². The number of carbonyl (C=O) groups excluding carboxylic acids is 1. The highest BCUT2D eigenvalue weighted by Gasteiger charge is 2.33. The quantitative estimate of drug-likeness (QED) is 0.0862. The lowest BCUT2D eigenvalue weighted by Crippen LogP contribution is -2.54. The Hall–Kier alpha value is -2.51. The number of hydrogen-bond donors (Lipinski definition) is 5. The molecule has 2 rings (SSSR count). The molecular weight excluding hydrogens is 537 g/mol. The van der Waals surface area contributed by atoms with Crippen LogP contribution in [0.5, 0.6) is 0 Å². The minimum Gasteiger partial charge on any atom is -0.480 e. The second-order valence-corrected chi connectivity index (χ2v) is 10.7. The summed E-state index contributed by atoms with van der Waals surface area (Å²) in [7, 11) is -4.12. The van der Waals surface area contributed by atoms with Gasteiger partial charge in [-0.1, -0.05) is 35.3 Å². The van der Waals surface area contributed by atoms with Crippen LogP contribution in [0.2, 0.25) is 10.0 Å². The number of benzene rings is 2. The Morgan fingerprint density at radius 1 is 1.14 bits per heavy atom. The monoisotopic (exact) mass is 561 g/mol. The fourth-order valence-electron chi connectivity index (χ4n) is 3.15. The lowest BCUT2D eigenvalue weighted by molar-refractivity contribution is -0.152. The van der Waals surface area contributed by atoms with Crippen LogP contribution in [0.1, 0.15) is 18.4 Å². The van der Waals surface area contributed by atoms with E-state index in [9.17, 15) is 23.1 Å². The standard InChI is InChI=1S/C21H25Cl2N5O5S2/c22-14-8-13(9-15(23)10-14)11-27-28(16(20(30)31)4-3-7-26-21(24)25)19(29)12-35(32,33)18-6-2-1-5-17(18)34/h1-2,5-6,8-10,16,27,34H,3-4,7,11-12H2,(H,30,31)(H4,24,25,26)/t16-/m0/s1. The van der Waals surface area contributed by atoms with Gasteiger partial charge in [-0.05, 0) is 48.7 Å². The minimum absolute atomic E-state index is 0.0487. The van der Waals surface area contributed by atoms with Crippen LogP contribution in [0.15, 0.2) is 57.2 Å². The van der Waals surface area contributed by atoms with Crippen LogP contribution < -0.4 is 16.9 Å². The summed E-state index contributed by atoms with van der Waals surface area (Å²) in [5.74, 6) is -3.45. The largest absolute Gasteiger partial charge is 0.480 e. The van der Waals surface area contributed by atoms with E-state index in [1.807, 2.05) is 0 Å². The number of amides is 1. The number of aliphatic carboxylic acids is 1. The number of halogens is 2. The molecule has 0 aliphatic carbocycles. The van der Waals surface area contributed by atoms with Crippen LogP contribution in [0.25, 0.3) is 0 Å². The van der Waals surface area contributed by atoms with Gasteiger partial charge in [0.2, 0.25) is 0 Å². The molecule has 0 heterocycles. The van der Waals surface area contributed by atoms with Crippen molar-refractivity contribution in [2.24, 2.45) is 16.5 Å². The number of hydrazine groups is 1. The van der Waals surface area contributed by atoms with Gasteiger partial charge in [0.1, 0.15) is 11.8 Å².